The van der Waals surface area contributed by atoms with Gasteiger partial charge in [-0.05, 0) is 37.0 Å². The molecule has 0 unspecified atom stereocenters. The summed E-state index contributed by atoms with van der Waals surface area (Å²) in [5.41, 5.74) is 0.218. The summed E-state index contributed by atoms with van der Waals surface area (Å²) >= 11 is 6.02. The Kier molecular flexibility index (Phi) is 9.03. The van der Waals surface area contributed by atoms with E-state index >= 15 is 0 Å². The molecule has 0 aliphatic carbocycles. The second-order valence-electron chi connectivity index (χ2n) is 7.88. The molecule has 2 heterocycles. The van der Waals surface area contributed by atoms with Gasteiger partial charge in [-0.15, -0.1) is 5.10 Å². The van der Waals surface area contributed by atoms with Crippen molar-refractivity contribution in [2.75, 3.05) is 13.2 Å². The highest BCUT2D eigenvalue weighted by Gasteiger charge is 2.32. The van der Waals surface area contributed by atoms with Crippen molar-refractivity contribution in [3.63, 3.8) is 0 Å². The lowest BCUT2D eigenvalue weighted by molar-refractivity contribution is -0.138. The van der Waals surface area contributed by atoms with Crippen LogP contribution in [0.15, 0.2) is 36.7 Å². The molecule has 2 aromatic heterocycles. The molecule has 1 aromatic carbocycles. The van der Waals surface area contributed by atoms with E-state index in [4.69, 9.17) is 30.9 Å². The zero-order chi connectivity index (χ0) is 26.3. The molecule has 1 N–H and O–H groups in total. The number of pyridine rings is 1. The van der Waals surface area contributed by atoms with Crippen molar-refractivity contribution in [2.45, 2.75) is 38.8 Å². The van der Waals surface area contributed by atoms with Gasteiger partial charge < -0.3 is 19.3 Å². The van der Waals surface area contributed by atoms with Gasteiger partial charge in [0.25, 0.3) is 0 Å². The van der Waals surface area contributed by atoms with Crippen LogP contribution in [0.3, 0.4) is 0 Å². The zero-order valence-electron chi connectivity index (χ0n) is 19.6. The fraction of sp³-hybridized carbons (Fsp3) is 0.375. The SMILES string of the molecule is CCCOc1ccc(CCCOc2nn(C)cc2CC(=O)O)c(Oc2ncc(C(F)(F)F)cc2Cl)c1. The highest BCUT2D eigenvalue weighted by molar-refractivity contribution is 6.31. The summed E-state index contributed by atoms with van der Waals surface area (Å²) in [6.07, 6.45) is -0.753. The maximum absolute atomic E-state index is 12.9. The highest BCUT2D eigenvalue weighted by atomic mass is 35.5. The molecule has 0 bridgehead atoms. The second-order valence-corrected chi connectivity index (χ2v) is 8.29. The lowest BCUT2D eigenvalue weighted by atomic mass is 10.1. The largest absolute Gasteiger partial charge is 0.493 e. The van der Waals surface area contributed by atoms with Crippen LogP contribution in [0.1, 0.15) is 36.5 Å². The van der Waals surface area contributed by atoms with E-state index in [1.165, 1.54) is 4.68 Å². The van der Waals surface area contributed by atoms with Gasteiger partial charge in [-0.3, -0.25) is 9.48 Å². The number of ether oxygens (including phenoxy) is 3. The van der Waals surface area contributed by atoms with Crippen molar-refractivity contribution in [1.29, 1.82) is 0 Å². The number of aryl methyl sites for hydroxylation is 2. The summed E-state index contributed by atoms with van der Waals surface area (Å²) < 4.78 is 57.4. The first-order valence-corrected chi connectivity index (χ1v) is 11.5. The molecular weight excluding hydrogens is 503 g/mol. The van der Waals surface area contributed by atoms with Crippen LogP contribution < -0.4 is 14.2 Å². The summed E-state index contributed by atoms with van der Waals surface area (Å²) in [6.45, 7) is 2.69. The van der Waals surface area contributed by atoms with Crippen LogP contribution in [-0.2, 0) is 30.9 Å². The summed E-state index contributed by atoms with van der Waals surface area (Å²) in [4.78, 5) is 14.8. The lowest BCUT2D eigenvalue weighted by Crippen LogP contribution is -2.06. The molecular formula is C24H25ClF3N3O5. The van der Waals surface area contributed by atoms with E-state index in [-0.39, 0.29) is 29.8 Å². The third-order valence-electron chi connectivity index (χ3n) is 4.89. The minimum atomic E-state index is -4.58. The Morgan fingerprint density at radius 1 is 1.14 bits per heavy atom. The second kappa shape index (κ2) is 12.0. The Morgan fingerprint density at radius 2 is 1.92 bits per heavy atom. The fourth-order valence-corrected chi connectivity index (χ4v) is 3.46. The topological polar surface area (TPSA) is 95.7 Å². The number of hydrogen-bond acceptors (Lipinski definition) is 6. The van der Waals surface area contributed by atoms with Crippen molar-refractivity contribution in [1.82, 2.24) is 14.8 Å². The molecule has 0 atom stereocenters. The molecule has 194 valence electrons. The average molecular weight is 528 g/mol. The zero-order valence-corrected chi connectivity index (χ0v) is 20.4. The maximum atomic E-state index is 12.9. The number of aromatic nitrogens is 3. The predicted molar refractivity (Wildman–Crippen MR) is 125 cm³/mol. The summed E-state index contributed by atoms with van der Waals surface area (Å²) in [7, 11) is 1.67. The standard InChI is InChI=1S/C24H25ClF3N3O5/c1-3-8-34-18-7-6-15(5-4-9-35-22-16(10-21(32)33)14-31(2)30-22)20(12-18)36-23-19(25)11-17(13-29-23)24(26,27)28/h6-7,11-14H,3-5,8-10H2,1-2H3,(H,32,33). The van der Waals surface area contributed by atoms with Crippen LogP contribution >= 0.6 is 11.6 Å². The number of rotatable bonds is 12. The summed E-state index contributed by atoms with van der Waals surface area (Å²) in [5, 5.41) is 12.9. The Balaban J connectivity index is 1.73. The number of alkyl halides is 3. The molecule has 0 aliphatic heterocycles. The molecule has 3 rings (SSSR count). The van der Waals surface area contributed by atoms with Gasteiger partial charge in [0, 0.05) is 31.1 Å². The summed E-state index contributed by atoms with van der Waals surface area (Å²) in [6, 6.07) is 5.95. The first-order chi connectivity index (χ1) is 17.1. The molecule has 0 spiro atoms. The number of aliphatic carboxylic acids is 1. The Bertz CT molecular complexity index is 1200. The summed E-state index contributed by atoms with van der Waals surface area (Å²) in [5.74, 6) is -0.0403. The maximum Gasteiger partial charge on any atom is 0.417 e. The first kappa shape index (κ1) is 27.1. The number of carboxylic acids is 1. The first-order valence-electron chi connectivity index (χ1n) is 11.1. The van der Waals surface area contributed by atoms with Gasteiger partial charge in [-0.25, -0.2) is 4.98 Å². The molecule has 0 fully saturated rings. The quantitative estimate of drug-likeness (QED) is 0.301. The molecule has 36 heavy (non-hydrogen) atoms. The normalized spacial score (nSPS) is 11.4. The molecule has 0 radical (unpaired) electrons. The minimum Gasteiger partial charge on any atom is -0.493 e. The molecule has 8 nitrogen and oxygen atoms in total. The van der Waals surface area contributed by atoms with E-state index in [9.17, 15) is 18.0 Å². The molecule has 0 saturated carbocycles. The number of benzene rings is 1. The number of halogens is 4. The number of hydrogen-bond donors (Lipinski definition) is 1. The smallest absolute Gasteiger partial charge is 0.417 e. The van der Waals surface area contributed by atoms with Gasteiger partial charge in [-0.2, -0.15) is 13.2 Å². The Morgan fingerprint density at radius 3 is 2.58 bits per heavy atom. The van der Waals surface area contributed by atoms with Crippen LogP contribution in [0.2, 0.25) is 5.02 Å². The third kappa shape index (κ3) is 7.51. The molecule has 0 aliphatic rings. The predicted octanol–water partition coefficient (Wildman–Crippen LogP) is 5.71. The third-order valence-corrected chi connectivity index (χ3v) is 5.16. The molecule has 0 saturated heterocycles. The van der Waals surface area contributed by atoms with Crippen molar-refractivity contribution in [2.24, 2.45) is 7.05 Å². The van der Waals surface area contributed by atoms with E-state index in [1.807, 2.05) is 6.92 Å². The Hall–Kier alpha value is -3.47. The average Bonchev–Trinajstić information content (AvgIpc) is 3.14. The van der Waals surface area contributed by atoms with E-state index in [1.54, 1.807) is 31.4 Å². The van der Waals surface area contributed by atoms with Crippen molar-refractivity contribution >= 4 is 17.6 Å². The van der Waals surface area contributed by atoms with Crippen LogP contribution in [0.4, 0.5) is 13.2 Å². The van der Waals surface area contributed by atoms with Gasteiger partial charge in [0.05, 0.1) is 25.2 Å². The number of nitrogens with zero attached hydrogens (tertiary/aromatic N) is 3. The van der Waals surface area contributed by atoms with Crippen molar-refractivity contribution in [3.8, 4) is 23.3 Å². The Labute approximate surface area is 210 Å². The fourth-order valence-electron chi connectivity index (χ4n) is 3.26. The number of carbonyl (C=O) groups is 1. The van der Waals surface area contributed by atoms with E-state index in [0.29, 0.717) is 42.7 Å². The van der Waals surface area contributed by atoms with Gasteiger partial charge in [0.15, 0.2) is 0 Å². The highest BCUT2D eigenvalue weighted by Crippen LogP contribution is 2.36. The van der Waals surface area contributed by atoms with Crippen LogP contribution in [-0.4, -0.2) is 39.1 Å². The van der Waals surface area contributed by atoms with E-state index < -0.39 is 17.7 Å². The molecule has 3 aromatic rings. The van der Waals surface area contributed by atoms with E-state index in [2.05, 4.69) is 10.1 Å². The monoisotopic (exact) mass is 527 g/mol. The van der Waals surface area contributed by atoms with Crippen molar-refractivity contribution in [3.05, 3.63) is 58.4 Å². The lowest BCUT2D eigenvalue weighted by Gasteiger charge is -2.15. The molecule has 0 amide bonds. The van der Waals surface area contributed by atoms with Crippen molar-refractivity contribution < 1.29 is 37.3 Å². The van der Waals surface area contributed by atoms with Crippen LogP contribution in [0.25, 0.3) is 0 Å². The van der Waals surface area contributed by atoms with Crippen LogP contribution in [0.5, 0.6) is 23.3 Å². The molecule has 12 heteroatoms. The van der Waals surface area contributed by atoms with Gasteiger partial charge >= 0.3 is 12.1 Å². The van der Waals surface area contributed by atoms with E-state index in [0.717, 1.165) is 18.1 Å². The van der Waals surface area contributed by atoms with Gasteiger partial charge in [0.1, 0.15) is 16.5 Å². The van der Waals surface area contributed by atoms with Gasteiger partial charge in [0.2, 0.25) is 11.8 Å². The van der Waals surface area contributed by atoms with Crippen LogP contribution in [0, 0.1) is 0 Å². The minimum absolute atomic E-state index is 0.165. The number of carboxylic acid groups (broad SMARTS) is 1. The van der Waals surface area contributed by atoms with Gasteiger partial charge in [-0.1, -0.05) is 24.6 Å².